The number of hydrogen-bond acceptors (Lipinski definition) is 6. The third-order valence-corrected chi connectivity index (χ3v) is 7.57. The smallest absolute Gasteiger partial charge is 0.315 e. The van der Waals surface area contributed by atoms with Crippen LogP contribution in [0.4, 0.5) is 0 Å². The average molecular weight is 499 g/mol. The number of amides is 1. The van der Waals surface area contributed by atoms with Gasteiger partial charge >= 0.3 is 5.97 Å². The van der Waals surface area contributed by atoms with E-state index in [9.17, 15) is 9.59 Å². The molecule has 192 valence electrons. The van der Waals surface area contributed by atoms with Crippen LogP contribution in [0.2, 0.25) is 0 Å². The van der Waals surface area contributed by atoms with E-state index in [1.807, 2.05) is 42.5 Å². The predicted molar refractivity (Wildman–Crippen MR) is 142 cm³/mol. The summed E-state index contributed by atoms with van der Waals surface area (Å²) in [6.07, 6.45) is 3.03. The fourth-order valence-electron chi connectivity index (χ4n) is 5.43. The number of benzene rings is 2. The maximum absolute atomic E-state index is 13.6. The zero-order valence-electron chi connectivity index (χ0n) is 21.8. The van der Waals surface area contributed by atoms with E-state index in [1.165, 1.54) is 6.33 Å². The monoisotopic (exact) mass is 498 g/mol. The second-order valence-corrected chi connectivity index (χ2v) is 10.6. The third-order valence-electron chi connectivity index (χ3n) is 7.57. The van der Waals surface area contributed by atoms with Crippen LogP contribution in [0.1, 0.15) is 55.2 Å². The molecule has 1 amide bonds. The van der Waals surface area contributed by atoms with E-state index >= 15 is 0 Å². The Hall–Kier alpha value is -3.58. The first-order valence-corrected chi connectivity index (χ1v) is 13.1. The van der Waals surface area contributed by atoms with E-state index in [1.54, 1.807) is 4.90 Å². The van der Waals surface area contributed by atoms with Gasteiger partial charge in [0.15, 0.2) is 0 Å². The summed E-state index contributed by atoms with van der Waals surface area (Å²) in [5.41, 5.74) is 3.93. The molecule has 0 N–H and O–H groups in total. The quantitative estimate of drug-likeness (QED) is 0.474. The maximum atomic E-state index is 13.6. The van der Waals surface area contributed by atoms with Crippen molar-refractivity contribution in [1.29, 1.82) is 0 Å². The molecule has 0 bridgehead atoms. The van der Waals surface area contributed by atoms with Gasteiger partial charge < -0.3 is 14.5 Å². The predicted octanol–water partition coefficient (Wildman–Crippen LogP) is 4.71. The van der Waals surface area contributed by atoms with E-state index in [4.69, 9.17) is 4.74 Å². The summed E-state index contributed by atoms with van der Waals surface area (Å²) < 4.78 is 5.87. The second kappa shape index (κ2) is 10.4. The van der Waals surface area contributed by atoms with Crippen LogP contribution in [0.15, 0.2) is 60.9 Å². The molecule has 2 aliphatic rings. The number of piperidine rings is 1. The highest BCUT2D eigenvalue weighted by molar-refractivity contribution is 5.95. The summed E-state index contributed by atoms with van der Waals surface area (Å²) in [4.78, 5) is 39.6. The van der Waals surface area contributed by atoms with Crippen LogP contribution in [-0.2, 0) is 16.8 Å². The summed E-state index contributed by atoms with van der Waals surface area (Å²) >= 11 is 0. The molecular formula is C30H34N4O3. The zero-order chi connectivity index (χ0) is 26.0. The summed E-state index contributed by atoms with van der Waals surface area (Å²) in [6.45, 7) is 9.86. The highest BCUT2D eigenvalue weighted by Crippen LogP contribution is 2.36. The van der Waals surface area contributed by atoms with Crippen LogP contribution in [0.3, 0.4) is 0 Å². The molecule has 2 aromatic carbocycles. The molecule has 2 aliphatic heterocycles. The lowest BCUT2D eigenvalue weighted by atomic mass is 9.82. The van der Waals surface area contributed by atoms with Crippen molar-refractivity contribution >= 4 is 11.9 Å². The minimum atomic E-state index is -0.413. The van der Waals surface area contributed by atoms with Crippen molar-refractivity contribution < 1.29 is 14.3 Å². The van der Waals surface area contributed by atoms with Crippen LogP contribution in [0.25, 0.3) is 11.1 Å². The van der Waals surface area contributed by atoms with Gasteiger partial charge in [-0.2, -0.15) is 0 Å². The number of nitrogens with zero attached hydrogens (tertiary/aromatic N) is 4. The molecule has 5 rings (SSSR count). The Morgan fingerprint density at radius 1 is 0.973 bits per heavy atom. The lowest BCUT2D eigenvalue weighted by molar-refractivity contribution is -0.140. The molecule has 1 aromatic heterocycles. The standard InChI is InChI=1S/C30H34N4O3/c1-4-33-16-14-24(15-17-33)29(36)37-27-25-18-34(19-30(2,3)26(25)31-20-32-27)28(35)23-12-10-22(11-13-23)21-8-6-5-7-9-21/h5-13,20,24H,4,14-19H2,1-3H3. The molecule has 0 saturated carbocycles. The van der Waals surface area contributed by atoms with Gasteiger partial charge in [0.05, 0.1) is 23.7 Å². The Labute approximate surface area is 218 Å². The van der Waals surface area contributed by atoms with Crippen LogP contribution in [-0.4, -0.2) is 57.8 Å². The van der Waals surface area contributed by atoms with Crippen LogP contribution in [0, 0.1) is 5.92 Å². The first-order valence-electron chi connectivity index (χ1n) is 13.1. The van der Waals surface area contributed by atoms with Gasteiger partial charge in [0.2, 0.25) is 5.88 Å². The molecule has 7 heteroatoms. The van der Waals surface area contributed by atoms with Crippen molar-refractivity contribution in [3.8, 4) is 17.0 Å². The van der Waals surface area contributed by atoms with Gasteiger partial charge in [-0.1, -0.05) is 63.2 Å². The van der Waals surface area contributed by atoms with E-state index in [0.717, 1.165) is 49.3 Å². The number of fused-ring (bicyclic) bond motifs is 1. The molecule has 7 nitrogen and oxygen atoms in total. The molecule has 0 unspecified atom stereocenters. The number of hydrogen-bond donors (Lipinski definition) is 0. The molecule has 0 aliphatic carbocycles. The molecule has 1 fully saturated rings. The lowest BCUT2D eigenvalue weighted by Crippen LogP contribution is -2.46. The highest BCUT2D eigenvalue weighted by Gasteiger charge is 2.38. The molecule has 0 atom stereocenters. The van der Waals surface area contributed by atoms with Gasteiger partial charge in [-0.3, -0.25) is 9.59 Å². The summed E-state index contributed by atoms with van der Waals surface area (Å²) in [5, 5.41) is 0. The first kappa shape index (κ1) is 25.1. The minimum absolute atomic E-state index is 0.0635. The molecule has 37 heavy (non-hydrogen) atoms. The van der Waals surface area contributed by atoms with E-state index < -0.39 is 5.41 Å². The molecular weight excluding hydrogens is 464 g/mol. The summed E-state index contributed by atoms with van der Waals surface area (Å²) in [6, 6.07) is 17.8. The van der Waals surface area contributed by atoms with Gasteiger partial charge in [0.1, 0.15) is 6.33 Å². The van der Waals surface area contributed by atoms with Gasteiger partial charge in [-0.25, -0.2) is 9.97 Å². The Morgan fingerprint density at radius 3 is 2.32 bits per heavy atom. The van der Waals surface area contributed by atoms with Gasteiger partial charge in [0.25, 0.3) is 5.91 Å². The Balaban J connectivity index is 1.35. The first-order chi connectivity index (χ1) is 17.9. The summed E-state index contributed by atoms with van der Waals surface area (Å²) in [5.74, 6) is -0.162. The van der Waals surface area contributed by atoms with Crippen molar-refractivity contribution in [1.82, 2.24) is 19.8 Å². The molecule has 0 radical (unpaired) electrons. The Bertz CT molecular complexity index is 1270. The molecule has 0 spiro atoms. The topological polar surface area (TPSA) is 75.6 Å². The molecule has 1 saturated heterocycles. The van der Waals surface area contributed by atoms with Gasteiger partial charge in [-0.15, -0.1) is 0 Å². The van der Waals surface area contributed by atoms with E-state index in [-0.39, 0.29) is 23.7 Å². The lowest BCUT2D eigenvalue weighted by Gasteiger charge is -2.39. The number of carbonyl (C=O) groups is 2. The number of rotatable bonds is 5. The van der Waals surface area contributed by atoms with Crippen LogP contribution >= 0.6 is 0 Å². The fourth-order valence-corrected chi connectivity index (χ4v) is 5.43. The Morgan fingerprint density at radius 2 is 1.65 bits per heavy atom. The largest absolute Gasteiger partial charge is 0.407 e. The van der Waals surface area contributed by atoms with Crippen molar-refractivity contribution in [3.63, 3.8) is 0 Å². The van der Waals surface area contributed by atoms with Crippen molar-refractivity contribution in [2.75, 3.05) is 26.2 Å². The maximum Gasteiger partial charge on any atom is 0.315 e. The van der Waals surface area contributed by atoms with Gasteiger partial charge in [0, 0.05) is 17.5 Å². The number of esters is 1. The molecule has 3 aromatic rings. The zero-order valence-corrected chi connectivity index (χ0v) is 21.8. The SMILES string of the molecule is CCN1CCC(C(=O)Oc2ncnc3c2CN(C(=O)c2ccc(-c4ccccc4)cc2)CC3(C)C)CC1. The Kier molecular flexibility index (Phi) is 7.07. The number of carbonyl (C=O) groups excluding carboxylic acids is 2. The van der Waals surface area contributed by atoms with Crippen LogP contribution < -0.4 is 4.74 Å². The number of likely N-dealkylation sites (tertiary alicyclic amines) is 1. The van der Waals surface area contributed by atoms with Gasteiger partial charge in [-0.05, 0) is 55.7 Å². The highest BCUT2D eigenvalue weighted by atomic mass is 16.5. The third kappa shape index (κ3) is 5.27. The normalized spacial score (nSPS) is 17.8. The van der Waals surface area contributed by atoms with Crippen molar-refractivity contribution in [2.24, 2.45) is 5.92 Å². The number of aromatic nitrogens is 2. The minimum Gasteiger partial charge on any atom is -0.407 e. The van der Waals surface area contributed by atoms with Crippen molar-refractivity contribution in [3.05, 3.63) is 77.7 Å². The van der Waals surface area contributed by atoms with E-state index in [2.05, 4.69) is 47.8 Å². The fraction of sp³-hybridized carbons (Fsp3) is 0.400. The van der Waals surface area contributed by atoms with Crippen LogP contribution in [0.5, 0.6) is 5.88 Å². The second-order valence-electron chi connectivity index (χ2n) is 10.6. The van der Waals surface area contributed by atoms with Crippen molar-refractivity contribution in [2.45, 2.75) is 45.6 Å². The number of ether oxygens (including phenoxy) is 1. The summed E-state index contributed by atoms with van der Waals surface area (Å²) in [7, 11) is 0. The average Bonchev–Trinajstić information content (AvgIpc) is 2.93. The van der Waals surface area contributed by atoms with E-state index in [0.29, 0.717) is 24.2 Å². The molecule has 3 heterocycles.